The molecule has 0 aliphatic rings. The predicted molar refractivity (Wildman–Crippen MR) is 42.2 cm³/mol. The van der Waals surface area contributed by atoms with Crippen LogP contribution in [0.2, 0.25) is 0 Å². The average Bonchev–Trinajstić information content (AvgIpc) is 2.04. The lowest BCUT2D eigenvalue weighted by Crippen LogP contribution is -2.23. The largest absolute Gasteiger partial charge is 0.343 e. The van der Waals surface area contributed by atoms with E-state index in [2.05, 4.69) is 4.98 Å². The molecule has 0 aromatic carbocycles. The van der Waals surface area contributed by atoms with Gasteiger partial charge in [-0.15, -0.1) is 0 Å². The van der Waals surface area contributed by atoms with Crippen molar-refractivity contribution >= 4 is 5.91 Å². The second-order valence-corrected chi connectivity index (χ2v) is 2.53. The van der Waals surface area contributed by atoms with Crippen LogP contribution in [0.25, 0.3) is 0 Å². The molecule has 0 unspecified atom stereocenters. The van der Waals surface area contributed by atoms with Crippen molar-refractivity contribution in [1.29, 1.82) is 0 Å². The van der Waals surface area contributed by atoms with Gasteiger partial charge in [0.1, 0.15) is 0 Å². The van der Waals surface area contributed by atoms with Crippen LogP contribution in [0.4, 0.5) is 4.39 Å². The molecule has 0 bridgehead atoms. The molecule has 1 rings (SSSR count). The SMILES string of the molecule is CN(C)C(=O)c1ncccc1F. The minimum absolute atomic E-state index is 0.137. The Balaban J connectivity index is 3.03. The smallest absolute Gasteiger partial charge is 0.274 e. The van der Waals surface area contributed by atoms with Gasteiger partial charge in [0, 0.05) is 20.3 Å². The summed E-state index contributed by atoms with van der Waals surface area (Å²) in [5, 5.41) is 0. The highest BCUT2D eigenvalue weighted by molar-refractivity contribution is 5.92. The quantitative estimate of drug-likeness (QED) is 0.624. The van der Waals surface area contributed by atoms with Crippen molar-refractivity contribution in [3.8, 4) is 0 Å². The number of aromatic nitrogens is 1. The van der Waals surface area contributed by atoms with E-state index in [0.717, 1.165) is 0 Å². The van der Waals surface area contributed by atoms with Gasteiger partial charge in [0.05, 0.1) is 0 Å². The summed E-state index contributed by atoms with van der Waals surface area (Å²) in [7, 11) is 3.10. The van der Waals surface area contributed by atoms with Crippen LogP contribution < -0.4 is 0 Å². The molecule has 1 amide bonds. The number of pyridine rings is 1. The Bertz CT molecular complexity index is 299. The molecule has 0 radical (unpaired) electrons. The summed E-state index contributed by atoms with van der Waals surface area (Å²) in [6.45, 7) is 0. The monoisotopic (exact) mass is 168 g/mol. The number of carbonyl (C=O) groups is 1. The zero-order chi connectivity index (χ0) is 9.14. The standard InChI is InChI=1S/C8H9FN2O/c1-11(2)8(12)7-6(9)4-3-5-10-7/h3-5H,1-2H3. The first-order valence-electron chi connectivity index (χ1n) is 3.45. The third-order valence-electron chi connectivity index (χ3n) is 1.37. The van der Waals surface area contributed by atoms with Crippen LogP contribution in [0, 0.1) is 5.82 Å². The second kappa shape index (κ2) is 3.30. The maximum Gasteiger partial charge on any atom is 0.274 e. The number of halogens is 1. The van der Waals surface area contributed by atoms with Crippen molar-refractivity contribution in [1.82, 2.24) is 9.88 Å². The molecule has 0 aliphatic carbocycles. The third-order valence-corrected chi connectivity index (χ3v) is 1.37. The van der Waals surface area contributed by atoms with Crippen molar-refractivity contribution in [2.75, 3.05) is 14.1 Å². The van der Waals surface area contributed by atoms with Gasteiger partial charge in [-0.1, -0.05) is 0 Å². The Morgan fingerprint density at radius 3 is 2.75 bits per heavy atom. The summed E-state index contributed by atoms with van der Waals surface area (Å²) in [5.74, 6) is -1.01. The van der Waals surface area contributed by atoms with Crippen molar-refractivity contribution in [2.24, 2.45) is 0 Å². The van der Waals surface area contributed by atoms with E-state index in [1.54, 1.807) is 14.1 Å². The molecule has 4 heteroatoms. The summed E-state index contributed by atoms with van der Waals surface area (Å²) >= 11 is 0. The molecule has 1 heterocycles. The summed E-state index contributed by atoms with van der Waals surface area (Å²) in [5.41, 5.74) is -0.137. The fraction of sp³-hybridized carbons (Fsp3) is 0.250. The fourth-order valence-corrected chi connectivity index (χ4v) is 0.755. The molecule has 0 saturated heterocycles. The minimum Gasteiger partial charge on any atom is -0.343 e. The van der Waals surface area contributed by atoms with Gasteiger partial charge in [0.15, 0.2) is 11.5 Å². The minimum atomic E-state index is -0.587. The van der Waals surface area contributed by atoms with Gasteiger partial charge in [-0.3, -0.25) is 4.79 Å². The molecule has 3 nitrogen and oxygen atoms in total. The van der Waals surface area contributed by atoms with E-state index in [4.69, 9.17) is 0 Å². The van der Waals surface area contributed by atoms with Gasteiger partial charge in [0.25, 0.3) is 5.91 Å². The highest BCUT2D eigenvalue weighted by Gasteiger charge is 2.13. The zero-order valence-corrected chi connectivity index (χ0v) is 6.91. The van der Waals surface area contributed by atoms with Crippen molar-refractivity contribution in [3.63, 3.8) is 0 Å². The van der Waals surface area contributed by atoms with E-state index >= 15 is 0 Å². The Morgan fingerprint density at radius 1 is 1.58 bits per heavy atom. The number of hydrogen-bond acceptors (Lipinski definition) is 2. The molecule has 1 aromatic rings. The fourth-order valence-electron chi connectivity index (χ4n) is 0.755. The highest BCUT2D eigenvalue weighted by atomic mass is 19.1. The van der Waals surface area contributed by atoms with E-state index in [1.807, 2.05) is 0 Å². The average molecular weight is 168 g/mol. The maximum absolute atomic E-state index is 12.9. The molecule has 1 aromatic heterocycles. The van der Waals surface area contributed by atoms with Crippen LogP contribution in [0.1, 0.15) is 10.5 Å². The lowest BCUT2D eigenvalue weighted by molar-refractivity contribution is 0.0817. The van der Waals surface area contributed by atoms with Crippen molar-refractivity contribution in [2.45, 2.75) is 0 Å². The first kappa shape index (κ1) is 8.64. The van der Waals surface area contributed by atoms with E-state index in [0.29, 0.717) is 0 Å². The molecule has 0 atom stereocenters. The van der Waals surface area contributed by atoms with Gasteiger partial charge in [-0.25, -0.2) is 9.37 Å². The summed E-state index contributed by atoms with van der Waals surface area (Å²) in [6.07, 6.45) is 1.39. The molecule has 64 valence electrons. The first-order chi connectivity index (χ1) is 5.63. The van der Waals surface area contributed by atoms with Gasteiger partial charge in [-0.05, 0) is 12.1 Å². The number of nitrogens with zero attached hydrogens (tertiary/aromatic N) is 2. The predicted octanol–water partition coefficient (Wildman–Crippen LogP) is 0.923. The topological polar surface area (TPSA) is 33.2 Å². The highest BCUT2D eigenvalue weighted by Crippen LogP contribution is 2.03. The van der Waals surface area contributed by atoms with Gasteiger partial charge < -0.3 is 4.90 Å². The van der Waals surface area contributed by atoms with Crippen LogP contribution in [-0.4, -0.2) is 29.9 Å². The molecule has 0 saturated carbocycles. The van der Waals surface area contributed by atoms with Crippen molar-refractivity contribution < 1.29 is 9.18 Å². The van der Waals surface area contributed by atoms with Crippen LogP contribution in [-0.2, 0) is 0 Å². The molecule has 12 heavy (non-hydrogen) atoms. The first-order valence-corrected chi connectivity index (χ1v) is 3.45. The van der Waals surface area contributed by atoms with Gasteiger partial charge in [-0.2, -0.15) is 0 Å². The lowest BCUT2D eigenvalue weighted by atomic mass is 10.3. The number of carbonyl (C=O) groups excluding carboxylic acids is 1. The van der Waals surface area contributed by atoms with Crippen LogP contribution in [0.15, 0.2) is 18.3 Å². The molecule has 0 N–H and O–H groups in total. The Labute approximate surface area is 69.8 Å². The van der Waals surface area contributed by atoms with Gasteiger partial charge in [0.2, 0.25) is 0 Å². The lowest BCUT2D eigenvalue weighted by Gasteiger charge is -2.08. The molecule has 0 spiro atoms. The number of amides is 1. The Morgan fingerprint density at radius 2 is 2.25 bits per heavy atom. The van der Waals surface area contributed by atoms with Crippen LogP contribution >= 0.6 is 0 Å². The molecule has 0 fully saturated rings. The summed E-state index contributed by atoms with van der Waals surface area (Å²) < 4.78 is 12.9. The van der Waals surface area contributed by atoms with Crippen LogP contribution in [0.3, 0.4) is 0 Å². The number of rotatable bonds is 1. The summed E-state index contributed by atoms with van der Waals surface area (Å²) in [6, 6.07) is 2.66. The Hall–Kier alpha value is -1.45. The molecule has 0 aliphatic heterocycles. The molecular formula is C8H9FN2O. The second-order valence-electron chi connectivity index (χ2n) is 2.53. The van der Waals surface area contributed by atoms with Crippen molar-refractivity contribution in [3.05, 3.63) is 29.8 Å². The third kappa shape index (κ3) is 1.58. The van der Waals surface area contributed by atoms with E-state index in [-0.39, 0.29) is 5.69 Å². The van der Waals surface area contributed by atoms with E-state index < -0.39 is 11.7 Å². The van der Waals surface area contributed by atoms with E-state index in [1.165, 1.54) is 23.2 Å². The Kier molecular flexibility index (Phi) is 2.38. The zero-order valence-electron chi connectivity index (χ0n) is 6.91. The normalized spacial score (nSPS) is 9.58. The van der Waals surface area contributed by atoms with E-state index in [9.17, 15) is 9.18 Å². The number of hydrogen-bond donors (Lipinski definition) is 0. The van der Waals surface area contributed by atoms with Gasteiger partial charge >= 0.3 is 0 Å². The summed E-state index contributed by atoms with van der Waals surface area (Å²) in [4.78, 5) is 16.1. The molecular weight excluding hydrogens is 159 g/mol. The maximum atomic E-state index is 12.9. The van der Waals surface area contributed by atoms with Crippen LogP contribution in [0.5, 0.6) is 0 Å².